The summed E-state index contributed by atoms with van der Waals surface area (Å²) in [5.74, 6) is 1.29. The quantitative estimate of drug-likeness (QED) is 0.907. The zero-order chi connectivity index (χ0) is 14.0. The summed E-state index contributed by atoms with van der Waals surface area (Å²) in [6.07, 6.45) is 1.09. The number of rotatable bonds is 4. The van der Waals surface area contributed by atoms with Crippen LogP contribution in [0.15, 0.2) is 12.1 Å². The first kappa shape index (κ1) is 14.1. The van der Waals surface area contributed by atoms with Crippen molar-refractivity contribution in [2.24, 2.45) is 0 Å². The SMILES string of the molecule is COc1cc(C(C)F)cc(C2(C)CCCN2)c1OC. The van der Waals surface area contributed by atoms with Gasteiger partial charge in [-0.15, -0.1) is 0 Å². The van der Waals surface area contributed by atoms with Crippen LogP contribution >= 0.6 is 0 Å². The predicted molar refractivity (Wildman–Crippen MR) is 73.7 cm³/mol. The van der Waals surface area contributed by atoms with E-state index >= 15 is 0 Å². The Morgan fingerprint density at radius 1 is 1.32 bits per heavy atom. The molecule has 0 aromatic heterocycles. The molecule has 0 radical (unpaired) electrons. The van der Waals surface area contributed by atoms with Crippen LogP contribution in [-0.2, 0) is 5.54 Å². The van der Waals surface area contributed by atoms with Gasteiger partial charge in [0.15, 0.2) is 11.5 Å². The fourth-order valence-corrected chi connectivity index (χ4v) is 2.75. The van der Waals surface area contributed by atoms with Crippen molar-refractivity contribution in [3.05, 3.63) is 23.3 Å². The van der Waals surface area contributed by atoms with E-state index in [4.69, 9.17) is 9.47 Å². The molecule has 1 N–H and O–H groups in total. The van der Waals surface area contributed by atoms with Gasteiger partial charge in [-0.3, -0.25) is 0 Å². The van der Waals surface area contributed by atoms with E-state index in [1.54, 1.807) is 20.3 Å². The lowest BCUT2D eigenvalue weighted by molar-refractivity contribution is 0.327. The fraction of sp³-hybridized carbons (Fsp3) is 0.600. The lowest BCUT2D eigenvalue weighted by Crippen LogP contribution is -2.33. The van der Waals surface area contributed by atoms with Gasteiger partial charge in [0.2, 0.25) is 0 Å². The van der Waals surface area contributed by atoms with Crippen LogP contribution in [0.4, 0.5) is 4.39 Å². The molecule has 0 spiro atoms. The minimum atomic E-state index is -1.02. The minimum Gasteiger partial charge on any atom is -0.493 e. The van der Waals surface area contributed by atoms with Crippen molar-refractivity contribution in [2.45, 2.75) is 38.4 Å². The monoisotopic (exact) mass is 267 g/mol. The third kappa shape index (κ3) is 2.54. The third-order valence-corrected chi connectivity index (χ3v) is 3.92. The number of benzene rings is 1. The molecule has 19 heavy (non-hydrogen) atoms. The van der Waals surface area contributed by atoms with Crippen LogP contribution < -0.4 is 14.8 Å². The molecule has 0 saturated carbocycles. The van der Waals surface area contributed by atoms with Gasteiger partial charge in [0, 0.05) is 11.1 Å². The van der Waals surface area contributed by atoms with Crippen molar-refractivity contribution in [1.82, 2.24) is 5.32 Å². The van der Waals surface area contributed by atoms with E-state index < -0.39 is 6.17 Å². The Morgan fingerprint density at radius 3 is 2.53 bits per heavy atom. The normalized spacial score (nSPS) is 24.3. The lowest BCUT2D eigenvalue weighted by Gasteiger charge is -2.28. The van der Waals surface area contributed by atoms with Crippen LogP contribution in [0, 0.1) is 0 Å². The molecule has 2 rings (SSSR count). The zero-order valence-corrected chi connectivity index (χ0v) is 12.0. The van der Waals surface area contributed by atoms with Gasteiger partial charge in [-0.2, -0.15) is 0 Å². The Bertz CT molecular complexity index is 454. The highest BCUT2D eigenvalue weighted by atomic mass is 19.1. The highest BCUT2D eigenvalue weighted by Gasteiger charge is 2.34. The third-order valence-electron chi connectivity index (χ3n) is 3.92. The molecule has 1 saturated heterocycles. The standard InChI is InChI=1S/C15H22FNO2/c1-10(16)11-8-12(15(2)6-5-7-17-15)14(19-4)13(9-11)18-3/h8-10,17H,5-7H2,1-4H3. The molecule has 2 atom stereocenters. The first-order valence-electron chi connectivity index (χ1n) is 6.67. The van der Waals surface area contributed by atoms with Gasteiger partial charge in [-0.25, -0.2) is 4.39 Å². The molecule has 2 unspecified atom stereocenters. The number of methoxy groups -OCH3 is 2. The van der Waals surface area contributed by atoms with Gasteiger partial charge in [0.25, 0.3) is 0 Å². The number of nitrogens with one attached hydrogen (secondary N) is 1. The molecule has 1 aromatic rings. The molecular formula is C15H22FNO2. The van der Waals surface area contributed by atoms with Crippen LogP contribution in [-0.4, -0.2) is 20.8 Å². The Morgan fingerprint density at radius 2 is 2.05 bits per heavy atom. The largest absolute Gasteiger partial charge is 0.493 e. The Hall–Kier alpha value is -1.29. The fourth-order valence-electron chi connectivity index (χ4n) is 2.75. The van der Waals surface area contributed by atoms with Gasteiger partial charge < -0.3 is 14.8 Å². The molecule has 0 bridgehead atoms. The van der Waals surface area contributed by atoms with E-state index in [0.717, 1.165) is 24.9 Å². The molecular weight excluding hydrogens is 245 g/mol. The summed E-state index contributed by atoms with van der Waals surface area (Å²) >= 11 is 0. The highest BCUT2D eigenvalue weighted by molar-refractivity contribution is 5.53. The zero-order valence-electron chi connectivity index (χ0n) is 12.0. The molecule has 3 nitrogen and oxygen atoms in total. The van der Waals surface area contributed by atoms with Crippen molar-refractivity contribution < 1.29 is 13.9 Å². The van der Waals surface area contributed by atoms with Gasteiger partial charge in [-0.05, 0) is 50.9 Å². The first-order valence-corrected chi connectivity index (χ1v) is 6.67. The maximum atomic E-state index is 13.7. The first-order chi connectivity index (χ1) is 9.01. The molecule has 4 heteroatoms. The van der Waals surface area contributed by atoms with E-state index in [1.165, 1.54) is 6.92 Å². The lowest BCUT2D eigenvalue weighted by atomic mass is 9.87. The maximum absolute atomic E-state index is 13.7. The summed E-state index contributed by atoms with van der Waals surface area (Å²) in [4.78, 5) is 0. The maximum Gasteiger partial charge on any atom is 0.165 e. The summed E-state index contributed by atoms with van der Waals surface area (Å²) in [5.41, 5.74) is 1.43. The number of hydrogen-bond donors (Lipinski definition) is 1. The average Bonchev–Trinajstić information content (AvgIpc) is 2.85. The second kappa shape index (κ2) is 5.37. The Labute approximate surface area is 114 Å². The second-order valence-electron chi connectivity index (χ2n) is 5.28. The number of hydrogen-bond acceptors (Lipinski definition) is 3. The Kier molecular flexibility index (Phi) is 3.99. The summed E-state index contributed by atoms with van der Waals surface area (Å²) in [6, 6.07) is 3.61. The van der Waals surface area contributed by atoms with E-state index in [2.05, 4.69) is 12.2 Å². The Balaban J connectivity index is 2.58. The molecule has 1 aromatic carbocycles. The summed E-state index contributed by atoms with van der Waals surface area (Å²) < 4.78 is 24.5. The minimum absolute atomic E-state index is 0.177. The molecule has 106 valence electrons. The summed E-state index contributed by atoms with van der Waals surface area (Å²) in [7, 11) is 3.21. The average molecular weight is 267 g/mol. The number of alkyl halides is 1. The van der Waals surface area contributed by atoms with E-state index in [1.807, 2.05) is 6.07 Å². The second-order valence-corrected chi connectivity index (χ2v) is 5.28. The molecule has 1 fully saturated rings. The van der Waals surface area contributed by atoms with Crippen LogP contribution in [0.25, 0.3) is 0 Å². The van der Waals surface area contributed by atoms with Gasteiger partial charge in [-0.1, -0.05) is 0 Å². The predicted octanol–water partition coefficient (Wildman–Crippen LogP) is 3.33. The van der Waals surface area contributed by atoms with Gasteiger partial charge in [0.05, 0.1) is 14.2 Å². The summed E-state index contributed by atoms with van der Waals surface area (Å²) in [5, 5.41) is 3.48. The van der Waals surface area contributed by atoms with Crippen LogP contribution in [0.3, 0.4) is 0 Å². The molecule has 0 amide bonds. The number of ether oxygens (including phenoxy) is 2. The van der Waals surface area contributed by atoms with E-state index in [9.17, 15) is 4.39 Å². The highest BCUT2D eigenvalue weighted by Crippen LogP contribution is 2.43. The molecule has 1 aliphatic rings. The van der Waals surface area contributed by atoms with Crippen LogP contribution in [0.1, 0.15) is 44.0 Å². The number of halogens is 1. The van der Waals surface area contributed by atoms with E-state index in [0.29, 0.717) is 17.1 Å². The van der Waals surface area contributed by atoms with Crippen LogP contribution in [0.5, 0.6) is 11.5 Å². The van der Waals surface area contributed by atoms with Crippen molar-refractivity contribution in [3.63, 3.8) is 0 Å². The van der Waals surface area contributed by atoms with Crippen molar-refractivity contribution in [3.8, 4) is 11.5 Å². The molecule has 1 heterocycles. The van der Waals surface area contributed by atoms with E-state index in [-0.39, 0.29) is 5.54 Å². The molecule has 0 aliphatic carbocycles. The van der Waals surface area contributed by atoms with Crippen molar-refractivity contribution in [2.75, 3.05) is 20.8 Å². The topological polar surface area (TPSA) is 30.5 Å². The summed E-state index contributed by atoms with van der Waals surface area (Å²) in [6.45, 7) is 4.64. The van der Waals surface area contributed by atoms with Crippen molar-refractivity contribution in [1.29, 1.82) is 0 Å². The van der Waals surface area contributed by atoms with Gasteiger partial charge in [0.1, 0.15) is 6.17 Å². The molecule has 1 aliphatic heterocycles. The smallest absolute Gasteiger partial charge is 0.165 e. The van der Waals surface area contributed by atoms with Gasteiger partial charge >= 0.3 is 0 Å². The van der Waals surface area contributed by atoms with Crippen LogP contribution in [0.2, 0.25) is 0 Å². The van der Waals surface area contributed by atoms with Crippen molar-refractivity contribution >= 4 is 0 Å².